The van der Waals surface area contributed by atoms with E-state index in [4.69, 9.17) is 4.74 Å². The number of rotatable bonds is 5. The Labute approximate surface area is 139 Å². The minimum Gasteiger partial charge on any atom is -0.375 e. The molecule has 0 spiro atoms. The van der Waals surface area contributed by atoms with Crippen molar-refractivity contribution in [2.24, 2.45) is 0 Å². The lowest BCUT2D eigenvalue weighted by atomic mass is 9.84. The Morgan fingerprint density at radius 3 is 2.48 bits per heavy atom. The SMILES string of the molecule is CC(C)c1ccccc1C[C@H](c1ccccc1)[C@H]1CNCCO1. The van der Waals surface area contributed by atoms with Gasteiger partial charge in [0, 0.05) is 19.0 Å². The molecular weight excluding hydrogens is 282 g/mol. The fraction of sp³-hybridized carbons (Fsp3) is 0.429. The molecule has 1 fully saturated rings. The molecule has 1 heterocycles. The summed E-state index contributed by atoms with van der Waals surface area (Å²) in [6.07, 6.45) is 1.27. The summed E-state index contributed by atoms with van der Waals surface area (Å²) in [5.74, 6) is 0.942. The summed E-state index contributed by atoms with van der Waals surface area (Å²) in [5, 5.41) is 3.48. The molecule has 0 aliphatic carbocycles. The van der Waals surface area contributed by atoms with E-state index in [9.17, 15) is 0 Å². The van der Waals surface area contributed by atoms with Crippen molar-refractivity contribution < 1.29 is 4.74 Å². The van der Waals surface area contributed by atoms with Gasteiger partial charge in [-0.1, -0.05) is 68.4 Å². The van der Waals surface area contributed by atoms with E-state index in [1.54, 1.807) is 0 Å². The molecule has 0 unspecified atom stereocenters. The smallest absolute Gasteiger partial charge is 0.0771 e. The quantitative estimate of drug-likeness (QED) is 0.897. The average molecular weight is 309 g/mol. The summed E-state index contributed by atoms with van der Waals surface area (Å²) >= 11 is 0. The van der Waals surface area contributed by atoms with Gasteiger partial charge in [0.2, 0.25) is 0 Å². The van der Waals surface area contributed by atoms with Crippen LogP contribution in [-0.2, 0) is 11.2 Å². The molecule has 0 aromatic heterocycles. The van der Waals surface area contributed by atoms with E-state index in [2.05, 4.69) is 73.8 Å². The molecule has 0 radical (unpaired) electrons. The van der Waals surface area contributed by atoms with Crippen molar-refractivity contribution in [1.82, 2.24) is 5.32 Å². The van der Waals surface area contributed by atoms with E-state index in [1.165, 1.54) is 16.7 Å². The van der Waals surface area contributed by atoms with Crippen LogP contribution in [-0.4, -0.2) is 25.8 Å². The first-order valence-corrected chi connectivity index (χ1v) is 8.70. The molecule has 3 rings (SSSR count). The van der Waals surface area contributed by atoms with E-state index >= 15 is 0 Å². The monoisotopic (exact) mass is 309 g/mol. The number of hydrogen-bond donors (Lipinski definition) is 1. The highest BCUT2D eigenvalue weighted by Crippen LogP contribution is 2.30. The van der Waals surface area contributed by atoms with Gasteiger partial charge in [-0.25, -0.2) is 0 Å². The summed E-state index contributed by atoms with van der Waals surface area (Å²) < 4.78 is 6.10. The third-order valence-electron chi connectivity index (χ3n) is 4.75. The van der Waals surface area contributed by atoms with Crippen molar-refractivity contribution >= 4 is 0 Å². The van der Waals surface area contributed by atoms with E-state index in [0.29, 0.717) is 11.8 Å². The van der Waals surface area contributed by atoms with Gasteiger partial charge in [0.25, 0.3) is 0 Å². The van der Waals surface area contributed by atoms with Crippen molar-refractivity contribution in [3.05, 3.63) is 71.3 Å². The maximum Gasteiger partial charge on any atom is 0.0771 e. The molecule has 0 amide bonds. The molecule has 1 N–H and O–H groups in total. The normalized spacial score (nSPS) is 19.7. The van der Waals surface area contributed by atoms with Gasteiger partial charge in [-0.05, 0) is 29.0 Å². The maximum atomic E-state index is 6.10. The minimum absolute atomic E-state index is 0.242. The van der Waals surface area contributed by atoms with Crippen molar-refractivity contribution in [3.63, 3.8) is 0 Å². The topological polar surface area (TPSA) is 21.3 Å². The second-order valence-electron chi connectivity index (χ2n) is 6.69. The van der Waals surface area contributed by atoms with Gasteiger partial charge in [0.1, 0.15) is 0 Å². The zero-order valence-electron chi connectivity index (χ0n) is 14.2. The summed E-state index contributed by atoms with van der Waals surface area (Å²) in [6, 6.07) is 19.7. The Kier molecular flexibility index (Phi) is 5.47. The predicted molar refractivity (Wildman–Crippen MR) is 96.0 cm³/mol. The Hall–Kier alpha value is -1.64. The van der Waals surface area contributed by atoms with Crippen LogP contribution < -0.4 is 5.32 Å². The molecule has 0 saturated carbocycles. The first-order chi connectivity index (χ1) is 11.3. The van der Waals surface area contributed by atoms with Gasteiger partial charge < -0.3 is 10.1 Å². The predicted octanol–water partition coefficient (Wildman–Crippen LogP) is 4.12. The Balaban J connectivity index is 1.90. The Morgan fingerprint density at radius 2 is 1.78 bits per heavy atom. The van der Waals surface area contributed by atoms with Crippen molar-refractivity contribution in [2.45, 2.75) is 38.2 Å². The van der Waals surface area contributed by atoms with Crippen LogP contribution in [0.2, 0.25) is 0 Å². The number of morpholine rings is 1. The highest BCUT2D eigenvalue weighted by Gasteiger charge is 2.27. The summed E-state index contributed by atoms with van der Waals surface area (Å²) in [6.45, 7) is 7.24. The van der Waals surface area contributed by atoms with E-state index in [-0.39, 0.29) is 6.10 Å². The second kappa shape index (κ2) is 7.76. The minimum atomic E-state index is 0.242. The van der Waals surface area contributed by atoms with Crippen molar-refractivity contribution in [3.8, 4) is 0 Å². The van der Waals surface area contributed by atoms with Crippen LogP contribution in [0.1, 0.15) is 42.4 Å². The molecule has 122 valence electrons. The lowest BCUT2D eigenvalue weighted by Crippen LogP contribution is -2.42. The molecule has 1 saturated heterocycles. The van der Waals surface area contributed by atoms with Crippen LogP contribution in [0, 0.1) is 0 Å². The number of nitrogens with one attached hydrogen (secondary N) is 1. The first-order valence-electron chi connectivity index (χ1n) is 8.70. The van der Waals surface area contributed by atoms with Crippen molar-refractivity contribution in [2.75, 3.05) is 19.7 Å². The molecule has 2 aromatic rings. The summed E-state index contributed by atoms with van der Waals surface area (Å²) in [7, 11) is 0. The van der Waals surface area contributed by atoms with Gasteiger partial charge in [-0.2, -0.15) is 0 Å². The molecule has 2 aromatic carbocycles. The van der Waals surface area contributed by atoms with Gasteiger partial charge in [0.15, 0.2) is 0 Å². The van der Waals surface area contributed by atoms with Crippen LogP contribution in [0.15, 0.2) is 54.6 Å². The molecule has 23 heavy (non-hydrogen) atoms. The van der Waals surface area contributed by atoms with Gasteiger partial charge in [-0.3, -0.25) is 0 Å². The lowest BCUT2D eigenvalue weighted by molar-refractivity contribution is 0.0110. The van der Waals surface area contributed by atoms with Crippen LogP contribution in [0.25, 0.3) is 0 Å². The summed E-state index contributed by atoms with van der Waals surface area (Å²) in [4.78, 5) is 0. The molecular formula is C21H27NO. The Morgan fingerprint density at radius 1 is 1.04 bits per heavy atom. The van der Waals surface area contributed by atoms with Gasteiger partial charge >= 0.3 is 0 Å². The van der Waals surface area contributed by atoms with Crippen LogP contribution >= 0.6 is 0 Å². The fourth-order valence-corrected chi connectivity index (χ4v) is 3.53. The molecule has 2 heteroatoms. The summed E-state index contributed by atoms with van der Waals surface area (Å²) in [5.41, 5.74) is 4.28. The third-order valence-corrected chi connectivity index (χ3v) is 4.75. The van der Waals surface area contributed by atoms with Gasteiger partial charge in [-0.15, -0.1) is 0 Å². The maximum absolute atomic E-state index is 6.10. The zero-order chi connectivity index (χ0) is 16.1. The van der Waals surface area contributed by atoms with Crippen LogP contribution in [0.3, 0.4) is 0 Å². The highest BCUT2D eigenvalue weighted by molar-refractivity contribution is 5.33. The second-order valence-corrected chi connectivity index (χ2v) is 6.69. The van der Waals surface area contributed by atoms with Crippen LogP contribution in [0.5, 0.6) is 0 Å². The van der Waals surface area contributed by atoms with E-state index in [1.807, 2.05) is 0 Å². The first kappa shape index (κ1) is 16.2. The molecule has 2 nitrogen and oxygen atoms in total. The number of benzene rings is 2. The molecule has 1 aliphatic rings. The standard InChI is InChI=1S/C21H27NO/c1-16(2)19-11-7-6-10-18(19)14-20(17-8-4-3-5-9-17)21-15-22-12-13-23-21/h3-11,16,20-22H,12-15H2,1-2H3/t20-,21-/m1/s1. The van der Waals surface area contributed by atoms with E-state index in [0.717, 1.165) is 26.1 Å². The fourth-order valence-electron chi connectivity index (χ4n) is 3.53. The average Bonchev–Trinajstić information content (AvgIpc) is 2.61. The lowest BCUT2D eigenvalue weighted by Gasteiger charge is -2.32. The molecule has 0 bridgehead atoms. The third kappa shape index (κ3) is 4.01. The van der Waals surface area contributed by atoms with Gasteiger partial charge in [0.05, 0.1) is 12.7 Å². The van der Waals surface area contributed by atoms with Crippen molar-refractivity contribution in [1.29, 1.82) is 0 Å². The largest absolute Gasteiger partial charge is 0.375 e. The molecule has 2 atom stereocenters. The molecule has 1 aliphatic heterocycles. The number of hydrogen-bond acceptors (Lipinski definition) is 2. The zero-order valence-corrected chi connectivity index (χ0v) is 14.2. The van der Waals surface area contributed by atoms with Crippen LogP contribution in [0.4, 0.5) is 0 Å². The Bertz CT molecular complexity index is 602. The number of ether oxygens (including phenoxy) is 1. The highest BCUT2D eigenvalue weighted by atomic mass is 16.5. The van der Waals surface area contributed by atoms with E-state index < -0.39 is 0 Å².